The Morgan fingerprint density at radius 1 is 1.70 bits per heavy atom. The van der Waals surface area contributed by atoms with Crippen molar-refractivity contribution in [1.29, 1.82) is 0 Å². The quantitative estimate of drug-likeness (QED) is 0.368. The van der Waals surface area contributed by atoms with Crippen molar-refractivity contribution in [2.75, 3.05) is 12.4 Å². The molecule has 0 unspecified atom stereocenters. The third-order valence-corrected chi connectivity index (χ3v) is 1.18. The van der Waals surface area contributed by atoms with Crippen LogP contribution in [0.3, 0.4) is 0 Å². The fourth-order valence-electron chi connectivity index (χ4n) is 0.488. The SMILES string of the molecule is C=CCCNC(=O)CCCl. The third-order valence-electron chi connectivity index (χ3n) is 0.992. The summed E-state index contributed by atoms with van der Waals surface area (Å²) in [6.07, 6.45) is 2.98. The summed E-state index contributed by atoms with van der Waals surface area (Å²) in [4.78, 5) is 10.7. The van der Waals surface area contributed by atoms with Gasteiger partial charge in [0.05, 0.1) is 0 Å². The van der Waals surface area contributed by atoms with Crippen molar-refractivity contribution in [2.24, 2.45) is 0 Å². The van der Waals surface area contributed by atoms with Crippen LogP contribution in [0, 0.1) is 0 Å². The summed E-state index contributed by atoms with van der Waals surface area (Å²) in [5.41, 5.74) is 0. The highest BCUT2D eigenvalue weighted by Gasteiger charge is 1.95. The molecule has 58 valence electrons. The zero-order chi connectivity index (χ0) is 7.82. The maximum atomic E-state index is 10.7. The topological polar surface area (TPSA) is 29.1 Å². The van der Waals surface area contributed by atoms with Crippen LogP contribution in [0.5, 0.6) is 0 Å². The van der Waals surface area contributed by atoms with Gasteiger partial charge in [-0.3, -0.25) is 4.79 Å². The minimum atomic E-state index is 0.0110. The molecule has 0 spiro atoms. The summed E-state index contributed by atoms with van der Waals surface area (Å²) in [5, 5.41) is 2.69. The van der Waals surface area contributed by atoms with Crippen molar-refractivity contribution in [1.82, 2.24) is 5.32 Å². The normalized spacial score (nSPS) is 8.90. The minimum absolute atomic E-state index is 0.0110. The highest BCUT2D eigenvalue weighted by atomic mass is 35.5. The summed E-state index contributed by atoms with van der Waals surface area (Å²) < 4.78 is 0. The predicted octanol–water partition coefficient (Wildman–Crippen LogP) is 1.31. The summed E-state index contributed by atoms with van der Waals surface area (Å²) in [6, 6.07) is 0. The Hall–Kier alpha value is -0.500. The first-order valence-corrected chi connectivity index (χ1v) is 3.78. The average Bonchev–Trinajstić information content (AvgIpc) is 1.89. The molecular weight excluding hydrogens is 150 g/mol. The Kier molecular flexibility index (Phi) is 6.29. The highest BCUT2D eigenvalue weighted by Crippen LogP contribution is 1.84. The highest BCUT2D eigenvalue weighted by molar-refractivity contribution is 6.18. The van der Waals surface area contributed by atoms with E-state index in [1.54, 1.807) is 6.08 Å². The first kappa shape index (κ1) is 9.50. The standard InChI is InChI=1S/C7H12ClNO/c1-2-3-6-9-7(10)4-5-8/h2H,1,3-6H2,(H,9,10). The van der Waals surface area contributed by atoms with Gasteiger partial charge >= 0.3 is 0 Å². The Balaban J connectivity index is 3.13. The molecule has 3 heteroatoms. The Bertz CT molecular complexity index is 114. The number of carbonyl (C=O) groups is 1. The number of hydrogen-bond acceptors (Lipinski definition) is 1. The molecule has 0 aromatic carbocycles. The summed E-state index contributed by atoms with van der Waals surface area (Å²) in [5.74, 6) is 0.400. The molecule has 0 fully saturated rings. The number of rotatable bonds is 5. The van der Waals surface area contributed by atoms with E-state index in [1.165, 1.54) is 0 Å². The lowest BCUT2D eigenvalue weighted by atomic mass is 10.4. The van der Waals surface area contributed by atoms with Crippen molar-refractivity contribution in [2.45, 2.75) is 12.8 Å². The number of alkyl halides is 1. The minimum Gasteiger partial charge on any atom is -0.356 e. The predicted molar refractivity (Wildman–Crippen MR) is 43.2 cm³/mol. The van der Waals surface area contributed by atoms with E-state index in [9.17, 15) is 4.79 Å². The third kappa shape index (κ3) is 5.63. The van der Waals surface area contributed by atoms with Crippen LogP contribution in [0.1, 0.15) is 12.8 Å². The number of nitrogens with one attached hydrogen (secondary N) is 1. The molecule has 0 aromatic heterocycles. The zero-order valence-corrected chi connectivity index (χ0v) is 6.66. The van der Waals surface area contributed by atoms with E-state index in [0.29, 0.717) is 18.8 Å². The van der Waals surface area contributed by atoms with Gasteiger partial charge in [-0.05, 0) is 6.42 Å². The molecule has 0 aromatic rings. The van der Waals surface area contributed by atoms with Gasteiger partial charge in [0.2, 0.25) is 5.91 Å². The molecule has 0 aliphatic carbocycles. The molecule has 0 bridgehead atoms. The fourth-order valence-corrected chi connectivity index (χ4v) is 0.660. The van der Waals surface area contributed by atoms with E-state index in [1.807, 2.05) is 0 Å². The maximum Gasteiger partial charge on any atom is 0.221 e. The van der Waals surface area contributed by atoms with Gasteiger partial charge in [-0.1, -0.05) is 6.08 Å². The zero-order valence-electron chi connectivity index (χ0n) is 5.90. The number of halogens is 1. The molecule has 1 N–H and O–H groups in total. The largest absolute Gasteiger partial charge is 0.356 e. The number of carbonyl (C=O) groups excluding carboxylic acids is 1. The average molecular weight is 162 g/mol. The lowest BCUT2D eigenvalue weighted by Crippen LogP contribution is -2.23. The van der Waals surface area contributed by atoms with E-state index in [2.05, 4.69) is 11.9 Å². The van der Waals surface area contributed by atoms with Crippen molar-refractivity contribution in [3.05, 3.63) is 12.7 Å². The molecule has 0 radical (unpaired) electrons. The van der Waals surface area contributed by atoms with Crippen molar-refractivity contribution >= 4 is 17.5 Å². The number of amides is 1. The van der Waals surface area contributed by atoms with Gasteiger partial charge in [-0.2, -0.15) is 0 Å². The molecule has 0 heterocycles. The first-order valence-electron chi connectivity index (χ1n) is 3.24. The summed E-state index contributed by atoms with van der Waals surface area (Å²) in [6.45, 7) is 4.19. The fraction of sp³-hybridized carbons (Fsp3) is 0.571. The van der Waals surface area contributed by atoms with Crippen LogP contribution >= 0.6 is 11.6 Å². The van der Waals surface area contributed by atoms with Gasteiger partial charge < -0.3 is 5.32 Å². The molecule has 0 atom stereocenters. The smallest absolute Gasteiger partial charge is 0.221 e. The molecule has 0 rings (SSSR count). The Morgan fingerprint density at radius 2 is 2.40 bits per heavy atom. The van der Waals surface area contributed by atoms with Gasteiger partial charge in [-0.25, -0.2) is 0 Å². The van der Waals surface area contributed by atoms with Gasteiger partial charge in [0.1, 0.15) is 0 Å². The lowest BCUT2D eigenvalue weighted by molar-refractivity contribution is -0.120. The van der Waals surface area contributed by atoms with Gasteiger partial charge in [-0.15, -0.1) is 18.2 Å². The van der Waals surface area contributed by atoms with E-state index in [-0.39, 0.29) is 5.91 Å². The second kappa shape index (κ2) is 6.62. The first-order chi connectivity index (χ1) is 4.81. The molecule has 1 amide bonds. The van der Waals surface area contributed by atoms with Gasteiger partial charge in [0.15, 0.2) is 0 Å². The number of hydrogen-bond donors (Lipinski definition) is 1. The molecule has 0 aliphatic heterocycles. The van der Waals surface area contributed by atoms with E-state index in [4.69, 9.17) is 11.6 Å². The van der Waals surface area contributed by atoms with Crippen molar-refractivity contribution < 1.29 is 4.79 Å². The Morgan fingerprint density at radius 3 is 2.90 bits per heavy atom. The lowest BCUT2D eigenvalue weighted by Gasteiger charge is -1.99. The molecule has 0 saturated heterocycles. The van der Waals surface area contributed by atoms with E-state index >= 15 is 0 Å². The van der Waals surface area contributed by atoms with Crippen LogP contribution < -0.4 is 5.32 Å². The van der Waals surface area contributed by atoms with Gasteiger partial charge in [0, 0.05) is 18.8 Å². The van der Waals surface area contributed by atoms with Crippen molar-refractivity contribution in [3.63, 3.8) is 0 Å². The molecule has 0 aliphatic rings. The Labute approximate surface area is 66.3 Å². The summed E-state index contributed by atoms with van der Waals surface area (Å²) >= 11 is 5.33. The van der Waals surface area contributed by atoms with Crippen LogP contribution in [0.4, 0.5) is 0 Å². The second-order valence-electron chi connectivity index (χ2n) is 1.87. The van der Waals surface area contributed by atoms with Crippen LogP contribution in [-0.4, -0.2) is 18.3 Å². The van der Waals surface area contributed by atoms with Crippen LogP contribution in [0.15, 0.2) is 12.7 Å². The molecule has 10 heavy (non-hydrogen) atoms. The molecule has 2 nitrogen and oxygen atoms in total. The second-order valence-corrected chi connectivity index (χ2v) is 2.24. The monoisotopic (exact) mass is 161 g/mol. The van der Waals surface area contributed by atoms with E-state index in [0.717, 1.165) is 6.42 Å². The summed E-state index contributed by atoms with van der Waals surface area (Å²) in [7, 11) is 0. The van der Waals surface area contributed by atoms with Gasteiger partial charge in [0.25, 0.3) is 0 Å². The maximum absolute atomic E-state index is 10.7. The molecular formula is C7H12ClNO. The van der Waals surface area contributed by atoms with Crippen LogP contribution in [0.2, 0.25) is 0 Å². The van der Waals surface area contributed by atoms with E-state index < -0.39 is 0 Å². The van der Waals surface area contributed by atoms with Crippen molar-refractivity contribution in [3.8, 4) is 0 Å². The molecule has 0 saturated carbocycles. The van der Waals surface area contributed by atoms with Crippen LogP contribution in [-0.2, 0) is 4.79 Å². The van der Waals surface area contributed by atoms with Crippen LogP contribution in [0.25, 0.3) is 0 Å².